The van der Waals surface area contributed by atoms with Crippen LogP contribution in [-0.2, 0) is 11.2 Å². The predicted octanol–water partition coefficient (Wildman–Crippen LogP) is 4.74. The molecule has 1 aliphatic rings. The van der Waals surface area contributed by atoms with Crippen molar-refractivity contribution < 1.29 is 4.79 Å². The number of fused-ring (bicyclic) bond motifs is 1. The van der Waals surface area contributed by atoms with Crippen LogP contribution in [0.15, 0.2) is 78.9 Å². The summed E-state index contributed by atoms with van der Waals surface area (Å²) in [5, 5.41) is 3.09. The fourth-order valence-electron chi connectivity index (χ4n) is 3.59. The molecule has 0 aliphatic carbocycles. The topological polar surface area (TPSA) is 32.3 Å². The Kier molecular flexibility index (Phi) is 4.44. The lowest BCUT2D eigenvalue weighted by Crippen LogP contribution is -2.36. The lowest BCUT2D eigenvalue weighted by molar-refractivity contribution is -0.117. The zero-order valence-corrected chi connectivity index (χ0v) is 14.9. The van der Waals surface area contributed by atoms with Crippen LogP contribution in [0, 0.1) is 6.92 Å². The molecule has 0 saturated heterocycles. The van der Waals surface area contributed by atoms with Gasteiger partial charge in [0.15, 0.2) is 0 Å². The number of benzene rings is 3. The van der Waals surface area contributed by atoms with Crippen molar-refractivity contribution in [3.63, 3.8) is 0 Å². The normalized spacial score (nSPS) is 14.0. The first kappa shape index (κ1) is 16.4. The molecule has 0 spiro atoms. The van der Waals surface area contributed by atoms with Crippen LogP contribution in [0.4, 0.5) is 11.4 Å². The van der Waals surface area contributed by atoms with Gasteiger partial charge in [0.25, 0.3) is 5.91 Å². The van der Waals surface area contributed by atoms with Gasteiger partial charge in [-0.15, -0.1) is 0 Å². The van der Waals surface area contributed by atoms with E-state index in [4.69, 9.17) is 0 Å². The average molecular weight is 342 g/mol. The van der Waals surface area contributed by atoms with E-state index < -0.39 is 0 Å². The second-order valence-electron chi connectivity index (χ2n) is 6.74. The highest BCUT2D eigenvalue weighted by atomic mass is 16.2. The zero-order chi connectivity index (χ0) is 17.9. The SMILES string of the molecule is Cc1ccc(NC(=O)[C@H](c2ccccc2)N2CCc3ccccc32)cc1. The van der Waals surface area contributed by atoms with E-state index in [0.717, 1.165) is 29.9 Å². The third-order valence-corrected chi connectivity index (χ3v) is 4.92. The average Bonchev–Trinajstić information content (AvgIpc) is 3.09. The van der Waals surface area contributed by atoms with Gasteiger partial charge in [-0.3, -0.25) is 4.79 Å². The smallest absolute Gasteiger partial charge is 0.251 e. The number of anilines is 2. The second-order valence-corrected chi connectivity index (χ2v) is 6.74. The van der Waals surface area contributed by atoms with E-state index in [0.29, 0.717) is 0 Å². The first-order valence-electron chi connectivity index (χ1n) is 8.99. The highest BCUT2D eigenvalue weighted by Crippen LogP contribution is 2.35. The van der Waals surface area contributed by atoms with Crippen molar-refractivity contribution in [2.24, 2.45) is 0 Å². The van der Waals surface area contributed by atoms with Gasteiger partial charge in [-0.25, -0.2) is 0 Å². The van der Waals surface area contributed by atoms with Crippen molar-refractivity contribution >= 4 is 17.3 Å². The number of nitrogens with zero attached hydrogens (tertiary/aromatic N) is 1. The highest BCUT2D eigenvalue weighted by Gasteiger charge is 2.32. The summed E-state index contributed by atoms with van der Waals surface area (Å²) in [4.78, 5) is 15.5. The third kappa shape index (κ3) is 3.21. The molecule has 1 N–H and O–H groups in total. The Morgan fingerprint density at radius 3 is 2.38 bits per heavy atom. The van der Waals surface area contributed by atoms with Crippen molar-refractivity contribution in [2.45, 2.75) is 19.4 Å². The van der Waals surface area contributed by atoms with Gasteiger partial charge < -0.3 is 10.2 Å². The summed E-state index contributed by atoms with van der Waals surface area (Å²) >= 11 is 0. The molecule has 0 unspecified atom stereocenters. The Labute approximate surface area is 154 Å². The molecule has 3 nitrogen and oxygen atoms in total. The van der Waals surface area contributed by atoms with Crippen LogP contribution in [0.1, 0.15) is 22.7 Å². The number of hydrogen-bond donors (Lipinski definition) is 1. The standard InChI is InChI=1S/C23H22N2O/c1-17-11-13-20(14-12-17)24-23(26)22(19-8-3-2-4-9-19)25-16-15-18-7-5-6-10-21(18)25/h2-14,22H,15-16H2,1H3,(H,24,26)/t22-/m0/s1. The number of rotatable bonds is 4. The van der Waals surface area contributed by atoms with Crippen LogP contribution in [-0.4, -0.2) is 12.5 Å². The molecular weight excluding hydrogens is 320 g/mol. The third-order valence-electron chi connectivity index (χ3n) is 4.92. The quantitative estimate of drug-likeness (QED) is 0.743. The molecule has 3 heteroatoms. The van der Waals surface area contributed by atoms with Crippen molar-refractivity contribution in [3.05, 3.63) is 95.6 Å². The van der Waals surface area contributed by atoms with E-state index in [2.05, 4.69) is 28.4 Å². The first-order chi connectivity index (χ1) is 12.7. The molecular formula is C23H22N2O. The molecule has 0 saturated carbocycles. The molecule has 26 heavy (non-hydrogen) atoms. The van der Waals surface area contributed by atoms with Crippen LogP contribution in [0.5, 0.6) is 0 Å². The Balaban J connectivity index is 1.68. The maximum atomic E-state index is 13.2. The van der Waals surface area contributed by atoms with Gasteiger partial charge in [-0.2, -0.15) is 0 Å². The maximum Gasteiger partial charge on any atom is 0.251 e. The number of aryl methyl sites for hydroxylation is 1. The van der Waals surface area contributed by atoms with Crippen molar-refractivity contribution in [2.75, 3.05) is 16.8 Å². The van der Waals surface area contributed by atoms with Crippen LogP contribution in [0.2, 0.25) is 0 Å². The fraction of sp³-hybridized carbons (Fsp3) is 0.174. The first-order valence-corrected chi connectivity index (χ1v) is 8.99. The number of carbonyl (C=O) groups excluding carboxylic acids is 1. The Bertz CT molecular complexity index is 903. The molecule has 3 aromatic rings. The van der Waals surface area contributed by atoms with E-state index in [1.165, 1.54) is 11.1 Å². The summed E-state index contributed by atoms with van der Waals surface area (Å²) in [6.45, 7) is 2.89. The minimum absolute atomic E-state index is 0.00300. The van der Waals surface area contributed by atoms with Crippen LogP contribution in [0.25, 0.3) is 0 Å². The van der Waals surface area contributed by atoms with Gasteiger partial charge in [-0.1, -0.05) is 66.2 Å². The van der Waals surface area contributed by atoms with Gasteiger partial charge in [0, 0.05) is 17.9 Å². The summed E-state index contributed by atoms with van der Waals surface area (Å²) in [6, 6.07) is 26.0. The molecule has 1 atom stereocenters. The molecule has 0 bridgehead atoms. The van der Waals surface area contributed by atoms with Gasteiger partial charge in [0.05, 0.1) is 0 Å². The number of amides is 1. The summed E-state index contributed by atoms with van der Waals surface area (Å²) in [5.41, 5.74) is 5.47. The van der Waals surface area contributed by atoms with Crippen LogP contribution in [0.3, 0.4) is 0 Å². The van der Waals surface area contributed by atoms with Gasteiger partial charge >= 0.3 is 0 Å². The van der Waals surface area contributed by atoms with Crippen LogP contribution < -0.4 is 10.2 Å². The maximum absolute atomic E-state index is 13.2. The molecule has 0 aromatic heterocycles. The summed E-state index contributed by atoms with van der Waals surface area (Å²) < 4.78 is 0. The van der Waals surface area contributed by atoms with E-state index in [-0.39, 0.29) is 11.9 Å². The predicted molar refractivity (Wildman–Crippen MR) is 106 cm³/mol. The summed E-state index contributed by atoms with van der Waals surface area (Å²) in [7, 11) is 0. The van der Waals surface area contributed by atoms with Crippen molar-refractivity contribution in [1.29, 1.82) is 0 Å². The Morgan fingerprint density at radius 1 is 0.923 bits per heavy atom. The largest absolute Gasteiger partial charge is 0.355 e. The highest BCUT2D eigenvalue weighted by molar-refractivity contribution is 5.98. The van der Waals surface area contributed by atoms with E-state index in [9.17, 15) is 4.79 Å². The van der Waals surface area contributed by atoms with Crippen molar-refractivity contribution in [3.8, 4) is 0 Å². The second kappa shape index (κ2) is 7.04. The molecule has 1 heterocycles. The van der Waals surface area contributed by atoms with E-state index >= 15 is 0 Å². The number of nitrogens with one attached hydrogen (secondary N) is 1. The minimum Gasteiger partial charge on any atom is -0.355 e. The van der Waals surface area contributed by atoms with E-state index in [1.54, 1.807) is 0 Å². The lowest BCUT2D eigenvalue weighted by atomic mass is 10.0. The summed E-state index contributed by atoms with van der Waals surface area (Å²) in [6.07, 6.45) is 0.970. The fourth-order valence-corrected chi connectivity index (χ4v) is 3.59. The van der Waals surface area contributed by atoms with E-state index in [1.807, 2.05) is 67.6 Å². The number of hydrogen-bond acceptors (Lipinski definition) is 2. The minimum atomic E-state index is -0.346. The van der Waals surface area contributed by atoms with Gasteiger partial charge in [-0.05, 0) is 42.7 Å². The van der Waals surface area contributed by atoms with Gasteiger partial charge in [0.2, 0.25) is 0 Å². The molecule has 0 fully saturated rings. The molecule has 0 radical (unpaired) electrons. The lowest BCUT2D eigenvalue weighted by Gasteiger charge is -2.30. The zero-order valence-electron chi connectivity index (χ0n) is 14.9. The van der Waals surface area contributed by atoms with Gasteiger partial charge in [0.1, 0.15) is 6.04 Å². The Morgan fingerprint density at radius 2 is 1.62 bits per heavy atom. The number of carbonyl (C=O) groups is 1. The molecule has 4 rings (SSSR count). The van der Waals surface area contributed by atoms with Crippen molar-refractivity contribution in [1.82, 2.24) is 0 Å². The summed E-state index contributed by atoms with van der Waals surface area (Å²) in [5.74, 6) is -0.00300. The molecule has 130 valence electrons. The molecule has 1 amide bonds. The Hall–Kier alpha value is -3.07. The monoisotopic (exact) mass is 342 g/mol. The van der Waals surface area contributed by atoms with Crippen LogP contribution >= 0.6 is 0 Å². The molecule has 3 aromatic carbocycles. The molecule has 1 aliphatic heterocycles. The number of para-hydroxylation sites is 1.